The molecule has 0 radical (unpaired) electrons. The summed E-state index contributed by atoms with van der Waals surface area (Å²) in [6.45, 7) is 18.8. The number of rotatable bonds is 8. The third kappa shape index (κ3) is 7.31. The van der Waals surface area contributed by atoms with Crippen LogP contribution in [0.25, 0.3) is 44.5 Å². The predicted octanol–water partition coefficient (Wildman–Crippen LogP) is 15.4. The molecule has 0 bridgehead atoms. The molecule has 7 aromatic carbocycles. The van der Waals surface area contributed by atoms with Gasteiger partial charge in [0.25, 0.3) is 0 Å². The van der Waals surface area contributed by atoms with Crippen molar-refractivity contribution in [2.75, 3.05) is 0 Å². The first-order valence-electron chi connectivity index (χ1n) is 20.5. The monoisotopic (exact) mass is 728 g/mol. The summed E-state index contributed by atoms with van der Waals surface area (Å²) < 4.78 is 0. The van der Waals surface area contributed by atoms with E-state index in [1.54, 1.807) is 0 Å². The zero-order valence-electron chi connectivity index (χ0n) is 34.6. The second-order valence-corrected chi connectivity index (χ2v) is 18.6. The summed E-state index contributed by atoms with van der Waals surface area (Å²) in [5.74, 6) is 0.268. The van der Waals surface area contributed by atoms with Gasteiger partial charge in [0.15, 0.2) is 0 Å². The van der Waals surface area contributed by atoms with Gasteiger partial charge in [-0.2, -0.15) is 0 Å². The molecule has 1 atom stereocenters. The largest absolute Gasteiger partial charge is 0.0622 e. The molecule has 1 aliphatic rings. The lowest BCUT2D eigenvalue weighted by molar-refractivity contribution is 0.580. The summed E-state index contributed by atoms with van der Waals surface area (Å²) in [5, 5.41) is 0. The van der Waals surface area contributed by atoms with Crippen molar-refractivity contribution >= 4 is 0 Å². The van der Waals surface area contributed by atoms with Crippen LogP contribution in [0.4, 0.5) is 0 Å². The van der Waals surface area contributed by atoms with E-state index in [0.29, 0.717) is 0 Å². The van der Waals surface area contributed by atoms with Gasteiger partial charge in [-0.05, 0) is 113 Å². The lowest BCUT2D eigenvalue weighted by Crippen LogP contribution is -2.19. The number of hydrogen-bond acceptors (Lipinski definition) is 0. The van der Waals surface area contributed by atoms with Gasteiger partial charge in [0, 0.05) is 11.3 Å². The first kappa shape index (κ1) is 37.5. The van der Waals surface area contributed by atoms with Crippen LogP contribution in [0.2, 0.25) is 0 Å². The Balaban J connectivity index is 1.17. The van der Waals surface area contributed by atoms with E-state index in [1.165, 1.54) is 83.5 Å². The fourth-order valence-electron chi connectivity index (χ4n) is 8.74. The van der Waals surface area contributed by atoms with Gasteiger partial charge < -0.3 is 0 Å². The van der Waals surface area contributed by atoms with E-state index in [0.717, 1.165) is 12.8 Å². The minimum atomic E-state index is -0.0851. The Kier molecular flexibility index (Phi) is 9.74. The SMILES string of the molecule is CC(C)(C)c1ccc2c(c1)C(C)(C)c1cc(C(C)(C)C)cc(-c3ccc(C(CCc4ccc(-c5ccccc5)cc4)c4ccc(-c5ccccc5)cc4)cc3)c1-2. The molecule has 0 spiro atoms. The molecule has 7 aromatic rings. The van der Waals surface area contributed by atoms with Gasteiger partial charge >= 0.3 is 0 Å². The Morgan fingerprint density at radius 1 is 0.429 bits per heavy atom. The van der Waals surface area contributed by atoms with Crippen LogP contribution in [-0.2, 0) is 22.7 Å². The fourth-order valence-corrected chi connectivity index (χ4v) is 8.74. The summed E-state index contributed by atoms with van der Waals surface area (Å²) in [4.78, 5) is 0. The van der Waals surface area contributed by atoms with E-state index in [2.05, 4.69) is 219 Å². The smallest absolute Gasteiger partial charge is 0.0159 e. The lowest BCUT2D eigenvalue weighted by atomic mass is 9.76. The van der Waals surface area contributed by atoms with E-state index in [-0.39, 0.29) is 22.2 Å². The maximum Gasteiger partial charge on any atom is 0.0159 e. The molecule has 280 valence electrons. The Labute approximate surface area is 336 Å². The Morgan fingerprint density at radius 3 is 1.41 bits per heavy atom. The van der Waals surface area contributed by atoms with Gasteiger partial charge in [0.2, 0.25) is 0 Å². The third-order valence-corrected chi connectivity index (χ3v) is 12.3. The second-order valence-electron chi connectivity index (χ2n) is 18.6. The Hall–Kier alpha value is -5.46. The quantitative estimate of drug-likeness (QED) is 0.146. The fraction of sp³-hybridized carbons (Fsp3) is 0.250. The van der Waals surface area contributed by atoms with Gasteiger partial charge in [-0.25, -0.2) is 0 Å². The zero-order chi connectivity index (χ0) is 39.2. The molecule has 0 nitrogen and oxygen atoms in total. The second kappa shape index (κ2) is 14.6. The molecule has 0 heterocycles. The van der Waals surface area contributed by atoms with Crippen LogP contribution in [0.5, 0.6) is 0 Å². The van der Waals surface area contributed by atoms with Crippen molar-refractivity contribution in [2.45, 2.75) is 90.4 Å². The molecule has 0 heteroatoms. The third-order valence-electron chi connectivity index (χ3n) is 12.3. The van der Waals surface area contributed by atoms with Crippen molar-refractivity contribution in [1.82, 2.24) is 0 Å². The highest BCUT2D eigenvalue weighted by Gasteiger charge is 2.39. The van der Waals surface area contributed by atoms with Crippen LogP contribution in [0.15, 0.2) is 164 Å². The zero-order valence-corrected chi connectivity index (χ0v) is 34.6. The molecule has 1 unspecified atom stereocenters. The summed E-state index contributed by atoms with van der Waals surface area (Å²) in [6.07, 6.45) is 2.03. The normalized spacial score (nSPS) is 13.9. The van der Waals surface area contributed by atoms with Gasteiger partial charge in [-0.3, -0.25) is 0 Å². The van der Waals surface area contributed by atoms with Gasteiger partial charge in [-0.1, -0.05) is 213 Å². The van der Waals surface area contributed by atoms with Crippen LogP contribution < -0.4 is 0 Å². The average Bonchev–Trinajstić information content (AvgIpc) is 3.44. The maximum atomic E-state index is 2.51. The standard InChI is InChI=1S/C56H56/c1-54(2,3)46-32-34-49-51(36-46)56(7,8)52-37-47(55(4,5)6)35-50(53(49)52)45-30-28-44(29-31-45)48(43-26-24-42(25-27-43)40-17-13-10-14-18-40)33-21-38-19-22-41(23-20-38)39-15-11-9-12-16-39/h9-20,22-32,34-37,48H,21,33H2,1-8H3. The minimum absolute atomic E-state index is 0.0292. The van der Waals surface area contributed by atoms with Crippen molar-refractivity contribution in [3.63, 3.8) is 0 Å². The average molecular weight is 729 g/mol. The molecule has 0 saturated carbocycles. The van der Waals surface area contributed by atoms with E-state index < -0.39 is 0 Å². The van der Waals surface area contributed by atoms with E-state index in [4.69, 9.17) is 0 Å². The van der Waals surface area contributed by atoms with Gasteiger partial charge in [0.1, 0.15) is 0 Å². The number of hydrogen-bond donors (Lipinski definition) is 0. The Bertz CT molecular complexity index is 2450. The number of aryl methyl sites for hydroxylation is 1. The predicted molar refractivity (Wildman–Crippen MR) is 241 cm³/mol. The molecular weight excluding hydrogens is 673 g/mol. The molecule has 0 fully saturated rings. The van der Waals surface area contributed by atoms with Crippen LogP contribution in [-0.4, -0.2) is 0 Å². The molecule has 0 amide bonds. The summed E-state index contributed by atoms with van der Waals surface area (Å²) in [5.41, 5.74) is 20.3. The van der Waals surface area contributed by atoms with Crippen molar-refractivity contribution in [3.8, 4) is 44.5 Å². The van der Waals surface area contributed by atoms with Crippen molar-refractivity contribution < 1.29 is 0 Å². The highest BCUT2D eigenvalue weighted by Crippen LogP contribution is 2.54. The van der Waals surface area contributed by atoms with Gasteiger partial charge in [0.05, 0.1) is 0 Å². The van der Waals surface area contributed by atoms with Crippen LogP contribution in [0.3, 0.4) is 0 Å². The highest BCUT2D eigenvalue weighted by molar-refractivity contribution is 5.93. The van der Waals surface area contributed by atoms with Crippen molar-refractivity contribution in [2.24, 2.45) is 0 Å². The molecule has 0 aliphatic heterocycles. The molecule has 56 heavy (non-hydrogen) atoms. The summed E-state index contributed by atoms with van der Waals surface area (Å²) in [7, 11) is 0. The maximum absolute atomic E-state index is 2.51. The first-order valence-corrected chi connectivity index (χ1v) is 20.5. The molecule has 1 aliphatic carbocycles. The summed E-state index contributed by atoms with van der Waals surface area (Å²) >= 11 is 0. The molecule has 8 rings (SSSR count). The summed E-state index contributed by atoms with van der Waals surface area (Å²) in [6, 6.07) is 61.7. The Morgan fingerprint density at radius 2 is 0.893 bits per heavy atom. The van der Waals surface area contributed by atoms with Crippen molar-refractivity contribution in [3.05, 3.63) is 203 Å². The van der Waals surface area contributed by atoms with Gasteiger partial charge in [-0.15, -0.1) is 0 Å². The van der Waals surface area contributed by atoms with Crippen LogP contribution in [0.1, 0.15) is 107 Å². The molecule has 0 aromatic heterocycles. The van der Waals surface area contributed by atoms with E-state index in [9.17, 15) is 0 Å². The molecular formula is C56H56. The number of benzene rings is 7. The topological polar surface area (TPSA) is 0 Å². The highest BCUT2D eigenvalue weighted by atomic mass is 14.4. The van der Waals surface area contributed by atoms with Crippen LogP contribution in [0, 0.1) is 0 Å². The first-order chi connectivity index (χ1) is 26.8. The van der Waals surface area contributed by atoms with Crippen LogP contribution >= 0.6 is 0 Å². The van der Waals surface area contributed by atoms with Crippen molar-refractivity contribution in [1.29, 1.82) is 0 Å². The van der Waals surface area contributed by atoms with E-state index in [1.807, 2.05) is 0 Å². The molecule has 0 N–H and O–H groups in total. The lowest BCUT2D eigenvalue weighted by Gasteiger charge is -2.27. The minimum Gasteiger partial charge on any atom is -0.0622 e. The number of fused-ring (bicyclic) bond motifs is 3. The molecule has 0 saturated heterocycles. The van der Waals surface area contributed by atoms with E-state index >= 15 is 0 Å².